The molecule has 0 spiro atoms. The molecule has 2 aromatic carbocycles. The monoisotopic (exact) mass is 554 g/mol. The summed E-state index contributed by atoms with van der Waals surface area (Å²) in [6.45, 7) is 3.16. The summed E-state index contributed by atoms with van der Waals surface area (Å²) in [5.41, 5.74) is 3.43. The minimum atomic E-state index is -4.10. The number of hydrogen-bond acceptors (Lipinski definition) is 6. The molecule has 10 heteroatoms. The highest BCUT2D eigenvalue weighted by Gasteiger charge is 2.33. The van der Waals surface area contributed by atoms with Crippen molar-refractivity contribution < 1.29 is 23.4 Å². The van der Waals surface area contributed by atoms with Gasteiger partial charge in [0.25, 0.3) is 5.91 Å². The van der Waals surface area contributed by atoms with Gasteiger partial charge in [0.2, 0.25) is 0 Å². The first-order valence-corrected chi connectivity index (χ1v) is 14.7. The normalized spacial score (nSPS) is 20.4. The molecule has 3 N–H and O–H groups in total. The van der Waals surface area contributed by atoms with Gasteiger partial charge in [-0.15, -0.1) is 0 Å². The molecule has 0 unspecified atom stereocenters. The quantitative estimate of drug-likeness (QED) is 0.459. The van der Waals surface area contributed by atoms with E-state index in [1.165, 1.54) is 48.6 Å². The van der Waals surface area contributed by atoms with Gasteiger partial charge in [-0.3, -0.25) is 9.69 Å². The first-order chi connectivity index (χ1) is 17.2. The molecule has 0 aromatic heterocycles. The van der Waals surface area contributed by atoms with Crippen molar-refractivity contribution in [2.24, 2.45) is 0 Å². The Hall–Kier alpha value is -1.68. The Labute approximate surface area is 222 Å². The maximum Gasteiger partial charge on any atom is 0.252 e. The van der Waals surface area contributed by atoms with Crippen LogP contribution in [0, 0.1) is 0 Å². The maximum atomic E-state index is 12.8. The minimum Gasteiger partial charge on any atom is -0.389 e. The Balaban J connectivity index is 1.40. The van der Waals surface area contributed by atoms with Gasteiger partial charge in [-0.25, -0.2) is 8.42 Å². The molecule has 0 radical (unpaired) electrons. The minimum absolute atomic E-state index is 0.0561. The molecule has 1 aliphatic heterocycles. The second-order valence-corrected chi connectivity index (χ2v) is 12.5. The van der Waals surface area contributed by atoms with Gasteiger partial charge in [0, 0.05) is 6.54 Å². The first-order valence-electron chi connectivity index (χ1n) is 12.3. The van der Waals surface area contributed by atoms with Gasteiger partial charge in [-0.2, -0.15) is 0 Å². The number of benzene rings is 2. The smallest absolute Gasteiger partial charge is 0.252 e. The van der Waals surface area contributed by atoms with E-state index in [4.69, 9.17) is 23.2 Å². The molecule has 0 bridgehead atoms. The zero-order valence-electron chi connectivity index (χ0n) is 20.0. The van der Waals surface area contributed by atoms with E-state index in [9.17, 15) is 23.4 Å². The van der Waals surface area contributed by atoms with Crippen LogP contribution in [0.15, 0.2) is 41.3 Å². The molecule has 196 valence electrons. The van der Waals surface area contributed by atoms with Gasteiger partial charge in [-0.1, -0.05) is 53.9 Å². The largest absolute Gasteiger partial charge is 0.389 e. The van der Waals surface area contributed by atoms with Gasteiger partial charge in [0.15, 0.2) is 15.9 Å². The number of carbonyl (C=O) groups excluding carboxylic acids is 1. The number of rotatable bonds is 8. The summed E-state index contributed by atoms with van der Waals surface area (Å²) in [6.07, 6.45) is 2.51. The Morgan fingerprint density at radius 3 is 2.58 bits per heavy atom. The number of nitrogens with one attached hydrogen (secondary N) is 1. The van der Waals surface area contributed by atoms with Gasteiger partial charge in [-0.05, 0) is 74.0 Å². The van der Waals surface area contributed by atoms with Crippen LogP contribution in [0.25, 0.3) is 0 Å². The van der Waals surface area contributed by atoms with Gasteiger partial charge < -0.3 is 15.5 Å². The summed E-state index contributed by atoms with van der Waals surface area (Å²) < 4.78 is 25.4. The molecule has 2 aliphatic rings. The Bertz CT molecular complexity index is 1200. The van der Waals surface area contributed by atoms with E-state index < -0.39 is 33.7 Å². The number of amides is 1. The van der Waals surface area contributed by atoms with Crippen LogP contribution < -0.4 is 5.32 Å². The zero-order chi connectivity index (χ0) is 25.9. The molecule has 0 saturated carbocycles. The van der Waals surface area contributed by atoms with Gasteiger partial charge in [0.05, 0.1) is 26.7 Å². The lowest BCUT2D eigenvalue weighted by Crippen LogP contribution is -2.46. The number of aryl methyl sites for hydroxylation is 1. The standard InChI is InChI=1S/C26H32Cl2N2O5S/c27-20-7-5-9-23(24(20)28)36(34,35)16-22(31)25(32)26(33)29-21-8-4-6-18-14-17(10-11-19(18)21)15-30-12-2-1-3-13-30/h5,7,9-11,14,21-22,25,31-32H,1-4,6,8,12-13,15-16H2,(H,29,33)/t21-,22-,25-/m1/s1. The average molecular weight is 556 g/mol. The van der Waals surface area contributed by atoms with E-state index in [1.807, 2.05) is 6.07 Å². The van der Waals surface area contributed by atoms with Crippen molar-refractivity contribution >= 4 is 38.9 Å². The van der Waals surface area contributed by atoms with Crippen LogP contribution >= 0.6 is 23.2 Å². The van der Waals surface area contributed by atoms with Crippen molar-refractivity contribution in [2.75, 3.05) is 18.8 Å². The highest BCUT2D eigenvalue weighted by Crippen LogP contribution is 2.32. The molecule has 4 rings (SSSR count). The van der Waals surface area contributed by atoms with E-state index in [2.05, 4.69) is 22.3 Å². The lowest BCUT2D eigenvalue weighted by molar-refractivity contribution is -0.135. The maximum absolute atomic E-state index is 12.8. The third-order valence-corrected chi connectivity index (χ3v) is 9.69. The fourth-order valence-electron chi connectivity index (χ4n) is 5.05. The third-order valence-electron chi connectivity index (χ3n) is 6.97. The van der Waals surface area contributed by atoms with E-state index >= 15 is 0 Å². The van der Waals surface area contributed by atoms with Gasteiger partial charge >= 0.3 is 0 Å². The van der Waals surface area contributed by atoms with Crippen molar-refractivity contribution in [3.63, 3.8) is 0 Å². The van der Waals surface area contributed by atoms with Crippen molar-refractivity contribution in [1.29, 1.82) is 0 Å². The molecule has 7 nitrogen and oxygen atoms in total. The molecular weight excluding hydrogens is 523 g/mol. The highest BCUT2D eigenvalue weighted by molar-refractivity contribution is 7.91. The van der Waals surface area contributed by atoms with Crippen LogP contribution in [-0.4, -0.2) is 60.5 Å². The number of fused-ring (bicyclic) bond motifs is 1. The number of carbonyl (C=O) groups is 1. The lowest BCUT2D eigenvalue weighted by atomic mass is 9.86. The van der Waals surface area contributed by atoms with Crippen LogP contribution in [0.3, 0.4) is 0 Å². The summed E-state index contributed by atoms with van der Waals surface area (Å²) in [7, 11) is -4.10. The topological polar surface area (TPSA) is 107 Å². The summed E-state index contributed by atoms with van der Waals surface area (Å²) >= 11 is 11.9. The number of likely N-dealkylation sites (tertiary alicyclic amines) is 1. The summed E-state index contributed by atoms with van der Waals surface area (Å²) in [4.78, 5) is 15.0. The van der Waals surface area contributed by atoms with Crippen molar-refractivity contribution in [3.05, 3.63) is 63.1 Å². The first kappa shape index (κ1) is 27.4. The molecule has 3 atom stereocenters. The number of aliphatic hydroxyl groups is 2. The molecular formula is C26H32Cl2N2O5S. The zero-order valence-corrected chi connectivity index (χ0v) is 22.3. The second kappa shape index (κ2) is 11.8. The predicted octanol–water partition coefficient (Wildman–Crippen LogP) is 3.67. The van der Waals surface area contributed by atoms with Crippen molar-refractivity contribution in [3.8, 4) is 0 Å². The van der Waals surface area contributed by atoms with Crippen LogP contribution in [0.5, 0.6) is 0 Å². The van der Waals surface area contributed by atoms with Crippen molar-refractivity contribution in [2.45, 2.75) is 68.2 Å². The number of hydrogen-bond donors (Lipinski definition) is 3. The number of halogens is 2. The predicted molar refractivity (Wildman–Crippen MR) is 140 cm³/mol. The van der Waals surface area contributed by atoms with E-state index in [0.717, 1.165) is 38.0 Å². The lowest BCUT2D eigenvalue weighted by Gasteiger charge is -2.30. The van der Waals surface area contributed by atoms with Crippen LogP contribution in [0.2, 0.25) is 10.0 Å². The molecule has 2 aromatic rings. The average Bonchev–Trinajstić information content (AvgIpc) is 2.85. The Kier molecular flexibility index (Phi) is 8.96. The van der Waals surface area contributed by atoms with E-state index in [0.29, 0.717) is 6.42 Å². The number of piperidine rings is 1. The second-order valence-electron chi connectivity index (χ2n) is 9.67. The highest BCUT2D eigenvalue weighted by atomic mass is 35.5. The number of sulfone groups is 1. The Morgan fingerprint density at radius 1 is 1.08 bits per heavy atom. The SMILES string of the molecule is O=C(N[C@@H]1CCCc2cc(CN3CCCCC3)ccc21)[C@H](O)[C@H](O)CS(=O)(=O)c1cccc(Cl)c1Cl. The Morgan fingerprint density at radius 2 is 1.83 bits per heavy atom. The van der Waals surface area contributed by atoms with Gasteiger partial charge in [0.1, 0.15) is 6.10 Å². The van der Waals surface area contributed by atoms with Crippen LogP contribution in [0.4, 0.5) is 0 Å². The number of aliphatic hydroxyl groups excluding tert-OH is 2. The summed E-state index contributed by atoms with van der Waals surface area (Å²) in [5, 5.41) is 23.5. The van der Waals surface area contributed by atoms with E-state index in [-0.39, 0.29) is 21.0 Å². The van der Waals surface area contributed by atoms with E-state index in [1.54, 1.807) is 0 Å². The molecule has 1 heterocycles. The summed E-state index contributed by atoms with van der Waals surface area (Å²) in [6, 6.07) is 10.1. The fraction of sp³-hybridized carbons (Fsp3) is 0.500. The third kappa shape index (κ3) is 6.41. The van der Waals surface area contributed by atoms with Crippen LogP contribution in [-0.2, 0) is 27.6 Å². The number of nitrogens with zero attached hydrogens (tertiary/aromatic N) is 1. The van der Waals surface area contributed by atoms with Crippen molar-refractivity contribution in [1.82, 2.24) is 10.2 Å². The molecule has 1 aliphatic carbocycles. The summed E-state index contributed by atoms with van der Waals surface area (Å²) in [5.74, 6) is -1.69. The molecule has 1 fully saturated rings. The molecule has 1 saturated heterocycles. The fourth-order valence-corrected chi connectivity index (χ4v) is 7.24. The van der Waals surface area contributed by atoms with Crippen LogP contribution in [0.1, 0.15) is 54.8 Å². The molecule has 36 heavy (non-hydrogen) atoms. The molecule has 1 amide bonds.